The van der Waals surface area contributed by atoms with Crippen molar-refractivity contribution in [2.75, 3.05) is 0 Å². The highest BCUT2D eigenvalue weighted by molar-refractivity contribution is 4.52. The van der Waals surface area contributed by atoms with E-state index in [9.17, 15) is 0 Å². The maximum atomic E-state index is 5.60. The molecule has 0 heterocycles. The standard InChI is InChI=1S/C10H22O/c1-5-6-7-8-10(4)11-9(2)3/h9-10H,5-8H2,1-4H3. The summed E-state index contributed by atoms with van der Waals surface area (Å²) < 4.78 is 5.60. The van der Waals surface area contributed by atoms with Crippen molar-refractivity contribution in [2.24, 2.45) is 0 Å². The first-order chi connectivity index (χ1) is 5.16. The van der Waals surface area contributed by atoms with Crippen LogP contribution in [0.15, 0.2) is 0 Å². The van der Waals surface area contributed by atoms with E-state index in [4.69, 9.17) is 4.74 Å². The molecule has 0 saturated heterocycles. The fourth-order valence-corrected chi connectivity index (χ4v) is 1.21. The fraction of sp³-hybridized carbons (Fsp3) is 1.00. The summed E-state index contributed by atoms with van der Waals surface area (Å²) in [6, 6.07) is 0. The van der Waals surface area contributed by atoms with Gasteiger partial charge in [0.1, 0.15) is 0 Å². The number of ether oxygens (including phenoxy) is 1. The van der Waals surface area contributed by atoms with Crippen LogP contribution in [0.4, 0.5) is 0 Å². The molecule has 0 aromatic carbocycles. The van der Waals surface area contributed by atoms with Gasteiger partial charge in [0.2, 0.25) is 0 Å². The van der Waals surface area contributed by atoms with Gasteiger partial charge in [0, 0.05) is 0 Å². The maximum absolute atomic E-state index is 5.60. The molecule has 0 aliphatic rings. The largest absolute Gasteiger partial charge is 0.376 e. The molecule has 0 aliphatic carbocycles. The Balaban J connectivity index is 3.15. The Labute approximate surface area is 71.1 Å². The van der Waals surface area contributed by atoms with Crippen molar-refractivity contribution in [3.63, 3.8) is 0 Å². The van der Waals surface area contributed by atoms with E-state index in [0.717, 1.165) is 0 Å². The average molecular weight is 158 g/mol. The van der Waals surface area contributed by atoms with Crippen molar-refractivity contribution in [3.05, 3.63) is 0 Å². The number of hydrogen-bond donors (Lipinski definition) is 0. The Bertz CT molecular complexity index is 78.9. The van der Waals surface area contributed by atoms with Gasteiger partial charge in [-0.1, -0.05) is 26.2 Å². The lowest BCUT2D eigenvalue weighted by molar-refractivity contribution is 0.0132. The first kappa shape index (κ1) is 11.0. The quantitative estimate of drug-likeness (QED) is 0.538. The van der Waals surface area contributed by atoms with Crippen LogP contribution >= 0.6 is 0 Å². The van der Waals surface area contributed by atoms with E-state index in [-0.39, 0.29) is 0 Å². The van der Waals surface area contributed by atoms with Gasteiger partial charge in [-0.25, -0.2) is 0 Å². The van der Waals surface area contributed by atoms with E-state index in [1.165, 1.54) is 25.7 Å². The van der Waals surface area contributed by atoms with E-state index in [1.807, 2.05) is 0 Å². The van der Waals surface area contributed by atoms with E-state index in [2.05, 4.69) is 27.7 Å². The molecule has 0 amide bonds. The summed E-state index contributed by atoms with van der Waals surface area (Å²) in [4.78, 5) is 0. The lowest BCUT2D eigenvalue weighted by atomic mass is 10.1. The number of unbranched alkanes of at least 4 members (excludes halogenated alkanes) is 2. The zero-order valence-corrected chi connectivity index (χ0v) is 8.39. The molecule has 1 heteroatoms. The van der Waals surface area contributed by atoms with Crippen molar-refractivity contribution >= 4 is 0 Å². The van der Waals surface area contributed by atoms with Crippen LogP contribution in [0, 0.1) is 0 Å². The summed E-state index contributed by atoms with van der Waals surface area (Å²) in [6.45, 7) is 8.58. The second-order valence-electron chi connectivity index (χ2n) is 3.49. The zero-order chi connectivity index (χ0) is 8.69. The summed E-state index contributed by atoms with van der Waals surface area (Å²) in [5.74, 6) is 0. The van der Waals surface area contributed by atoms with E-state index >= 15 is 0 Å². The molecular weight excluding hydrogens is 136 g/mol. The Morgan fingerprint density at radius 3 is 2.18 bits per heavy atom. The molecule has 0 aromatic heterocycles. The van der Waals surface area contributed by atoms with Gasteiger partial charge >= 0.3 is 0 Å². The summed E-state index contributed by atoms with van der Waals surface area (Å²) in [7, 11) is 0. The van der Waals surface area contributed by atoms with E-state index < -0.39 is 0 Å². The highest BCUT2D eigenvalue weighted by atomic mass is 16.5. The minimum Gasteiger partial charge on any atom is -0.376 e. The smallest absolute Gasteiger partial charge is 0.0550 e. The van der Waals surface area contributed by atoms with Crippen LogP contribution in [-0.4, -0.2) is 12.2 Å². The van der Waals surface area contributed by atoms with Gasteiger partial charge in [-0.15, -0.1) is 0 Å². The average Bonchev–Trinajstić information content (AvgIpc) is 1.86. The molecule has 11 heavy (non-hydrogen) atoms. The molecule has 0 bridgehead atoms. The third-order valence-electron chi connectivity index (χ3n) is 1.72. The third kappa shape index (κ3) is 7.86. The van der Waals surface area contributed by atoms with Gasteiger partial charge < -0.3 is 4.74 Å². The van der Waals surface area contributed by atoms with Crippen LogP contribution < -0.4 is 0 Å². The van der Waals surface area contributed by atoms with Gasteiger partial charge in [-0.05, 0) is 27.2 Å². The molecule has 0 aliphatic heterocycles. The maximum Gasteiger partial charge on any atom is 0.0550 e. The molecule has 1 nitrogen and oxygen atoms in total. The Morgan fingerprint density at radius 1 is 1.09 bits per heavy atom. The molecule has 0 aromatic rings. The molecular formula is C10H22O. The minimum atomic E-state index is 0.381. The number of rotatable bonds is 6. The molecule has 0 rings (SSSR count). The van der Waals surface area contributed by atoms with Crippen LogP contribution in [0.5, 0.6) is 0 Å². The zero-order valence-electron chi connectivity index (χ0n) is 8.39. The van der Waals surface area contributed by atoms with Crippen LogP contribution in [0.1, 0.15) is 53.4 Å². The molecule has 68 valence electrons. The van der Waals surface area contributed by atoms with Crippen LogP contribution in [-0.2, 0) is 4.74 Å². The van der Waals surface area contributed by atoms with Gasteiger partial charge in [-0.3, -0.25) is 0 Å². The third-order valence-corrected chi connectivity index (χ3v) is 1.72. The molecule has 1 unspecified atom stereocenters. The first-order valence-corrected chi connectivity index (χ1v) is 4.82. The van der Waals surface area contributed by atoms with Crippen molar-refractivity contribution in [3.8, 4) is 0 Å². The highest BCUT2D eigenvalue weighted by Crippen LogP contribution is 2.07. The summed E-state index contributed by atoms with van der Waals surface area (Å²) in [6.07, 6.45) is 5.99. The van der Waals surface area contributed by atoms with Crippen LogP contribution in [0.25, 0.3) is 0 Å². The molecule has 1 atom stereocenters. The fourth-order valence-electron chi connectivity index (χ4n) is 1.21. The summed E-state index contributed by atoms with van der Waals surface area (Å²) in [5.41, 5.74) is 0. The predicted octanol–water partition coefficient (Wildman–Crippen LogP) is 3.38. The molecule has 0 radical (unpaired) electrons. The summed E-state index contributed by atoms with van der Waals surface area (Å²) >= 11 is 0. The van der Waals surface area contributed by atoms with Gasteiger partial charge in [0.05, 0.1) is 12.2 Å². The summed E-state index contributed by atoms with van der Waals surface area (Å²) in [5, 5.41) is 0. The second kappa shape index (κ2) is 6.66. The van der Waals surface area contributed by atoms with Crippen LogP contribution in [0.3, 0.4) is 0 Å². The normalized spacial score (nSPS) is 13.9. The molecule has 0 spiro atoms. The monoisotopic (exact) mass is 158 g/mol. The lowest BCUT2D eigenvalue weighted by Crippen LogP contribution is -2.13. The van der Waals surface area contributed by atoms with Crippen molar-refractivity contribution < 1.29 is 4.74 Å². The van der Waals surface area contributed by atoms with Gasteiger partial charge in [0.25, 0.3) is 0 Å². The Kier molecular flexibility index (Phi) is 6.63. The van der Waals surface area contributed by atoms with Crippen molar-refractivity contribution in [1.82, 2.24) is 0 Å². The molecule has 0 N–H and O–H groups in total. The second-order valence-corrected chi connectivity index (χ2v) is 3.49. The Hall–Kier alpha value is -0.0400. The minimum absolute atomic E-state index is 0.381. The first-order valence-electron chi connectivity index (χ1n) is 4.82. The van der Waals surface area contributed by atoms with Crippen LogP contribution in [0.2, 0.25) is 0 Å². The molecule has 0 saturated carbocycles. The molecule has 0 fully saturated rings. The van der Waals surface area contributed by atoms with Gasteiger partial charge in [0.15, 0.2) is 0 Å². The van der Waals surface area contributed by atoms with E-state index in [1.54, 1.807) is 0 Å². The lowest BCUT2D eigenvalue weighted by Gasteiger charge is -2.15. The van der Waals surface area contributed by atoms with Gasteiger partial charge in [-0.2, -0.15) is 0 Å². The Morgan fingerprint density at radius 2 is 1.73 bits per heavy atom. The SMILES string of the molecule is CCCCCC(C)OC(C)C. The predicted molar refractivity (Wildman–Crippen MR) is 49.8 cm³/mol. The highest BCUT2D eigenvalue weighted by Gasteiger charge is 2.02. The van der Waals surface area contributed by atoms with Crippen molar-refractivity contribution in [1.29, 1.82) is 0 Å². The van der Waals surface area contributed by atoms with E-state index in [0.29, 0.717) is 12.2 Å². The number of hydrogen-bond acceptors (Lipinski definition) is 1. The van der Waals surface area contributed by atoms with Crippen molar-refractivity contribution in [2.45, 2.75) is 65.6 Å². The topological polar surface area (TPSA) is 9.23 Å².